The Kier molecular flexibility index (Phi) is 7.16. The number of carbonyl (C=O) groups excluding carboxylic acids is 1. The van der Waals surface area contributed by atoms with Crippen LogP contribution in [0.3, 0.4) is 0 Å². The summed E-state index contributed by atoms with van der Waals surface area (Å²) in [7, 11) is 1.54. The zero-order chi connectivity index (χ0) is 18.2. The van der Waals surface area contributed by atoms with Crippen LogP contribution in [0.4, 0.5) is 0 Å². The number of methoxy groups -OCH3 is 1. The number of hydrogen-bond acceptors (Lipinski definition) is 4. The van der Waals surface area contributed by atoms with Crippen LogP contribution in [0.5, 0.6) is 11.5 Å². The first-order valence-corrected chi connectivity index (χ1v) is 8.32. The van der Waals surface area contributed by atoms with Gasteiger partial charge in [0.25, 0.3) is 0 Å². The molecule has 0 aliphatic rings. The molecule has 0 atom stereocenters. The molecule has 0 saturated carbocycles. The van der Waals surface area contributed by atoms with Gasteiger partial charge in [-0.3, -0.25) is 0 Å². The van der Waals surface area contributed by atoms with Crippen LogP contribution in [0.25, 0.3) is 6.08 Å². The van der Waals surface area contributed by atoms with Crippen molar-refractivity contribution in [2.75, 3.05) is 13.7 Å². The third kappa shape index (κ3) is 5.41. The smallest absolute Gasteiger partial charge is 0.344 e. The standard InChI is InChI=1S/C19H18Cl2O4/c1-3-5-13-8-9-17(18(10-13)23-2)24-12-19(22)25-11-14-15(20)6-4-7-16(14)21/h3-10H,11-12H2,1-2H3/b5-3+. The molecular weight excluding hydrogens is 363 g/mol. The lowest BCUT2D eigenvalue weighted by atomic mass is 10.2. The molecule has 0 fully saturated rings. The second kappa shape index (κ2) is 9.35. The Hall–Kier alpha value is -2.17. The van der Waals surface area contributed by atoms with E-state index in [1.807, 2.05) is 31.2 Å². The minimum Gasteiger partial charge on any atom is -0.493 e. The topological polar surface area (TPSA) is 44.8 Å². The van der Waals surface area contributed by atoms with E-state index in [1.165, 1.54) is 0 Å². The SMILES string of the molecule is C/C=C/c1ccc(OCC(=O)OCc2c(Cl)cccc2Cl)c(OC)c1. The van der Waals surface area contributed by atoms with E-state index in [9.17, 15) is 4.79 Å². The highest BCUT2D eigenvalue weighted by Crippen LogP contribution is 2.29. The fourth-order valence-corrected chi connectivity index (χ4v) is 2.61. The number of carbonyl (C=O) groups is 1. The molecule has 0 aliphatic carbocycles. The zero-order valence-electron chi connectivity index (χ0n) is 13.9. The zero-order valence-corrected chi connectivity index (χ0v) is 15.4. The molecular formula is C19H18Cl2O4. The van der Waals surface area contributed by atoms with Gasteiger partial charge in [-0.15, -0.1) is 0 Å². The number of rotatable bonds is 7. The summed E-state index contributed by atoms with van der Waals surface area (Å²) in [6, 6.07) is 10.5. The van der Waals surface area contributed by atoms with Gasteiger partial charge in [-0.05, 0) is 36.8 Å². The van der Waals surface area contributed by atoms with Crippen LogP contribution in [0.1, 0.15) is 18.1 Å². The summed E-state index contributed by atoms with van der Waals surface area (Å²) in [6.45, 7) is 1.66. The van der Waals surface area contributed by atoms with Crippen LogP contribution in [-0.4, -0.2) is 19.7 Å². The largest absolute Gasteiger partial charge is 0.493 e. The fourth-order valence-electron chi connectivity index (χ4n) is 2.10. The summed E-state index contributed by atoms with van der Waals surface area (Å²) in [5, 5.41) is 0.893. The van der Waals surface area contributed by atoms with Crippen LogP contribution in [0, 0.1) is 0 Å². The molecule has 0 aliphatic heterocycles. The van der Waals surface area contributed by atoms with Gasteiger partial charge in [-0.1, -0.05) is 47.5 Å². The lowest BCUT2D eigenvalue weighted by molar-refractivity contribution is -0.147. The third-order valence-electron chi connectivity index (χ3n) is 3.33. The monoisotopic (exact) mass is 380 g/mol. The molecule has 2 aromatic carbocycles. The van der Waals surface area contributed by atoms with Crippen molar-refractivity contribution >= 4 is 35.2 Å². The van der Waals surface area contributed by atoms with Crippen molar-refractivity contribution in [3.63, 3.8) is 0 Å². The molecule has 0 spiro atoms. The van der Waals surface area contributed by atoms with E-state index in [-0.39, 0.29) is 13.2 Å². The first kappa shape index (κ1) is 19.2. The third-order valence-corrected chi connectivity index (χ3v) is 4.04. The van der Waals surface area contributed by atoms with Crippen LogP contribution in [-0.2, 0) is 16.1 Å². The fraction of sp³-hybridized carbons (Fsp3) is 0.211. The van der Waals surface area contributed by atoms with Gasteiger partial charge in [0.15, 0.2) is 18.1 Å². The number of halogens is 2. The molecule has 4 nitrogen and oxygen atoms in total. The van der Waals surface area contributed by atoms with Crippen molar-refractivity contribution in [2.45, 2.75) is 13.5 Å². The van der Waals surface area contributed by atoms with Gasteiger partial charge in [0.05, 0.1) is 7.11 Å². The number of hydrogen-bond donors (Lipinski definition) is 0. The molecule has 0 amide bonds. The van der Waals surface area contributed by atoms with Crippen molar-refractivity contribution in [1.29, 1.82) is 0 Å². The quantitative estimate of drug-likeness (QED) is 0.622. The van der Waals surface area contributed by atoms with E-state index < -0.39 is 5.97 Å². The van der Waals surface area contributed by atoms with E-state index in [0.717, 1.165) is 5.56 Å². The lowest BCUT2D eigenvalue weighted by Crippen LogP contribution is -2.15. The first-order chi connectivity index (χ1) is 12.0. The Morgan fingerprint density at radius 3 is 2.48 bits per heavy atom. The first-order valence-electron chi connectivity index (χ1n) is 7.57. The summed E-state index contributed by atoms with van der Waals surface area (Å²) in [4.78, 5) is 11.9. The van der Waals surface area contributed by atoms with Gasteiger partial charge in [0.2, 0.25) is 0 Å². The lowest BCUT2D eigenvalue weighted by Gasteiger charge is -2.12. The van der Waals surface area contributed by atoms with Crippen LogP contribution < -0.4 is 9.47 Å². The second-order valence-electron chi connectivity index (χ2n) is 5.06. The Morgan fingerprint density at radius 2 is 1.84 bits per heavy atom. The van der Waals surface area contributed by atoms with Crippen LogP contribution in [0.2, 0.25) is 10.0 Å². The van der Waals surface area contributed by atoms with Gasteiger partial charge < -0.3 is 14.2 Å². The van der Waals surface area contributed by atoms with Crippen molar-refractivity contribution in [3.8, 4) is 11.5 Å². The number of ether oxygens (including phenoxy) is 3. The minimum atomic E-state index is -0.532. The molecule has 0 bridgehead atoms. The summed E-state index contributed by atoms with van der Waals surface area (Å²) in [6.07, 6.45) is 3.86. The Morgan fingerprint density at radius 1 is 1.12 bits per heavy atom. The minimum absolute atomic E-state index is 0.0158. The number of benzene rings is 2. The Labute approximate surface area is 156 Å². The Balaban J connectivity index is 1.94. The van der Waals surface area contributed by atoms with Gasteiger partial charge in [0.1, 0.15) is 6.61 Å². The van der Waals surface area contributed by atoms with Crippen LogP contribution in [0.15, 0.2) is 42.5 Å². The molecule has 25 heavy (non-hydrogen) atoms. The molecule has 0 N–H and O–H groups in total. The van der Waals surface area contributed by atoms with E-state index in [2.05, 4.69) is 0 Å². The van der Waals surface area contributed by atoms with E-state index >= 15 is 0 Å². The highest BCUT2D eigenvalue weighted by atomic mass is 35.5. The predicted octanol–water partition coefficient (Wildman–Crippen LogP) is 5.16. The summed E-state index contributed by atoms with van der Waals surface area (Å²) < 4.78 is 15.9. The van der Waals surface area contributed by atoms with Crippen molar-refractivity contribution < 1.29 is 19.0 Å². The second-order valence-corrected chi connectivity index (χ2v) is 5.87. The predicted molar refractivity (Wildman–Crippen MR) is 99.5 cm³/mol. The highest BCUT2D eigenvalue weighted by molar-refractivity contribution is 6.35. The van der Waals surface area contributed by atoms with Gasteiger partial charge in [-0.2, -0.15) is 0 Å². The van der Waals surface area contributed by atoms with Crippen molar-refractivity contribution in [1.82, 2.24) is 0 Å². The average molecular weight is 381 g/mol. The van der Waals surface area contributed by atoms with Crippen LogP contribution >= 0.6 is 23.2 Å². The van der Waals surface area contributed by atoms with Crippen molar-refractivity contribution in [3.05, 3.63) is 63.6 Å². The molecule has 0 unspecified atom stereocenters. The normalized spacial score (nSPS) is 10.7. The maximum atomic E-state index is 11.9. The summed E-state index contributed by atoms with van der Waals surface area (Å²) in [5.41, 5.74) is 1.54. The molecule has 0 heterocycles. The molecule has 2 rings (SSSR count). The molecule has 0 saturated heterocycles. The number of esters is 1. The molecule has 6 heteroatoms. The maximum absolute atomic E-state index is 11.9. The molecule has 2 aromatic rings. The van der Waals surface area contributed by atoms with Gasteiger partial charge in [-0.25, -0.2) is 4.79 Å². The molecule has 0 aromatic heterocycles. The maximum Gasteiger partial charge on any atom is 0.344 e. The van der Waals surface area contributed by atoms with E-state index in [4.69, 9.17) is 37.4 Å². The summed E-state index contributed by atoms with van der Waals surface area (Å²) >= 11 is 12.1. The van der Waals surface area contributed by atoms with Gasteiger partial charge in [0, 0.05) is 15.6 Å². The average Bonchev–Trinajstić information content (AvgIpc) is 2.60. The van der Waals surface area contributed by atoms with E-state index in [1.54, 1.807) is 31.4 Å². The van der Waals surface area contributed by atoms with E-state index in [0.29, 0.717) is 27.1 Å². The highest BCUT2D eigenvalue weighted by Gasteiger charge is 2.12. The molecule has 132 valence electrons. The Bertz CT molecular complexity index is 752. The van der Waals surface area contributed by atoms with Gasteiger partial charge >= 0.3 is 5.97 Å². The van der Waals surface area contributed by atoms with Crippen molar-refractivity contribution in [2.24, 2.45) is 0 Å². The number of allylic oxidation sites excluding steroid dienone is 1. The summed E-state index contributed by atoms with van der Waals surface area (Å²) in [5.74, 6) is 0.469. The molecule has 0 radical (unpaired) electrons.